The van der Waals surface area contributed by atoms with Gasteiger partial charge in [0.1, 0.15) is 0 Å². The monoisotopic (exact) mass is 303 g/mol. The largest absolute Gasteiger partial charge is 0.493 e. The molecule has 0 spiro atoms. The molecule has 1 aromatic rings. The lowest BCUT2D eigenvalue weighted by Crippen LogP contribution is -2.24. The Balaban J connectivity index is 3.31. The molecule has 0 radical (unpaired) electrons. The normalized spacial score (nSPS) is 11.1. The third-order valence-corrected chi connectivity index (χ3v) is 3.35. The van der Waals surface area contributed by atoms with E-state index in [2.05, 4.69) is 11.2 Å². The van der Waals surface area contributed by atoms with Crippen molar-refractivity contribution in [3.63, 3.8) is 0 Å². The Morgan fingerprint density at radius 1 is 1.14 bits per heavy atom. The zero-order chi connectivity index (χ0) is 16.7. The molecule has 1 aromatic carbocycles. The fraction of sp³-hybridized carbons (Fsp3) is 0.353. The molecule has 0 aliphatic carbocycles. The van der Waals surface area contributed by atoms with E-state index in [1.165, 1.54) is 0 Å². The van der Waals surface area contributed by atoms with Crippen LogP contribution >= 0.6 is 0 Å². The standard InChI is InChI=1S/C17H21NO4/c1-7-8-18-17(19)12(3)11(2)13-9-14(20-4)16(22-6)15(10-13)21-5/h1,9-10H,8H2,2-6H3,(H,18,19)/b12-11-. The Morgan fingerprint density at radius 2 is 1.68 bits per heavy atom. The number of amides is 1. The first-order valence-corrected chi connectivity index (χ1v) is 6.69. The Labute approximate surface area is 131 Å². The zero-order valence-corrected chi connectivity index (χ0v) is 13.6. The maximum Gasteiger partial charge on any atom is 0.247 e. The third kappa shape index (κ3) is 3.73. The highest BCUT2D eigenvalue weighted by Crippen LogP contribution is 2.40. The van der Waals surface area contributed by atoms with E-state index in [-0.39, 0.29) is 12.5 Å². The number of nitrogens with one attached hydrogen (secondary N) is 1. The molecule has 0 aromatic heterocycles. The molecule has 5 nitrogen and oxygen atoms in total. The molecule has 0 saturated heterocycles. The minimum atomic E-state index is -0.204. The fourth-order valence-electron chi connectivity index (χ4n) is 1.95. The van der Waals surface area contributed by atoms with Crippen LogP contribution in [0.5, 0.6) is 17.2 Å². The highest BCUT2D eigenvalue weighted by Gasteiger charge is 2.16. The summed E-state index contributed by atoms with van der Waals surface area (Å²) in [7, 11) is 4.64. The molecule has 0 heterocycles. The summed E-state index contributed by atoms with van der Waals surface area (Å²) in [6, 6.07) is 3.60. The van der Waals surface area contributed by atoms with Crippen LogP contribution in [0, 0.1) is 12.3 Å². The maximum absolute atomic E-state index is 12.0. The van der Waals surface area contributed by atoms with Crippen molar-refractivity contribution >= 4 is 11.5 Å². The number of allylic oxidation sites excluding steroid dienone is 1. The van der Waals surface area contributed by atoms with Crippen LogP contribution in [0.3, 0.4) is 0 Å². The molecule has 1 N–H and O–H groups in total. The molecule has 118 valence electrons. The number of terminal acetylenes is 1. The van der Waals surface area contributed by atoms with Crippen LogP contribution < -0.4 is 19.5 Å². The number of carbonyl (C=O) groups is 1. The third-order valence-electron chi connectivity index (χ3n) is 3.35. The van der Waals surface area contributed by atoms with Crippen LogP contribution in [-0.4, -0.2) is 33.8 Å². The van der Waals surface area contributed by atoms with Crippen molar-refractivity contribution in [3.05, 3.63) is 23.3 Å². The van der Waals surface area contributed by atoms with Crippen molar-refractivity contribution in [3.8, 4) is 29.6 Å². The van der Waals surface area contributed by atoms with Gasteiger partial charge in [-0.25, -0.2) is 0 Å². The van der Waals surface area contributed by atoms with Gasteiger partial charge in [-0.2, -0.15) is 0 Å². The summed E-state index contributed by atoms with van der Waals surface area (Å²) in [5.74, 6) is 3.75. The zero-order valence-electron chi connectivity index (χ0n) is 13.6. The topological polar surface area (TPSA) is 56.8 Å². The molecule has 0 atom stereocenters. The molecular weight excluding hydrogens is 282 g/mol. The lowest BCUT2D eigenvalue weighted by atomic mass is 10.0. The SMILES string of the molecule is C#CCNC(=O)/C(C)=C(/C)c1cc(OC)c(OC)c(OC)c1. The molecule has 0 aliphatic rings. The van der Waals surface area contributed by atoms with E-state index in [0.717, 1.165) is 11.1 Å². The average Bonchev–Trinajstić information content (AvgIpc) is 2.56. The van der Waals surface area contributed by atoms with Gasteiger partial charge in [0, 0.05) is 5.57 Å². The van der Waals surface area contributed by atoms with E-state index in [1.807, 2.05) is 6.92 Å². The number of hydrogen-bond acceptors (Lipinski definition) is 4. The van der Waals surface area contributed by atoms with Gasteiger partial charge in [-0.1, -0.05) is 5.92 Å². The molecule has 1 rings (SSSR count). The number of methoxy groups -OCH3 is 3. The fourth-order valence-corrected chi connectivity index (χ4v) is 1.95. The van der Waals surface area contributed by atoms with E-state index >= 15 is 0 Å². The van der Waals surface area contributed by atoms with Crippen molar-refractivity contribution in [1.82, 2.24) is 5.32 Å². The van der Waals surface area contributed by atoms with E-state index in [0.29, 0.717) is 22.8 Å². The molecule has 1 amide bonds. The van der Waals surface area contributed by atoms with E-state index in [1.54, 1.807) is 40.4 Å². The summed E-state index contributed by atoms with van der Waals surface area (Å²) in [5.41, 5.74) is 2.18. The molecule has 5 heteroatoms. The van der Waals surface area contributed by atoms with Gasteiger partial charge in [0.25, 0.3) is 0 Å². The van der Waals surface area contributed by atoms with Gasteiger partial charge in [0.05, 0.1) is 27.9 Å². The Kier molecular flexibility index (Phi) is 6.33. The predicted molar refractivity (Wildman–Crippen MR) is 86.2 cm³/mol. The van der Waals surface area contributed by atoms with Gasteiger partial charge in [0.2, 0.25) is 11.7 Å². The van der Waals surface area contributed by atoms with Gasteiger partial charge >= 0.3 is 0 Å². The molecule has 0 saturated carbocycles. The summed E-state index contributed by atoms with van der Waals surface area (Å²) in [5, 5.41) is 2.64. The van der Waals surface area contributed by atoms with Gasteiger partial charge < -0.3 is 19.5 Å². The maximum atomic E-state index is 12.0. The summed E-state index contributed by atoms with van der Waals surface area (Å²) in [4.78, 5) is 12.0. The van der Waals surface area contributed by atoms with Gasteiger partial charge in [-0.3, -0.25) is 4.79 Å². The highest BCUT2D eigenvalue weighted by atomic mass is 16.5. The summed E-state index contributed by atoms with van der Waals surface area (Å²) >= 11 is 0. The minimum absolute atomic E-state index is 0.193. The predicted octanol–water partition coefficient (Wildman–Crippen LogP) is 2.26. The van der Waals surface area contributed by atoms with Crippen LogP contribution in [-0.2, 0) is 4.79 Å². The van der Waals surface area contributed by atoms with Crippen LogP contribution in [0.15, 0.2) is 17.7 Å². The van der Waals surface area contributed by atoms with Crippen LogP contribution in [0.25, 0.3) is 5.57 Å². The summed E-state index contributed by atoms with van der Waals surface area (Å²) in [6.45, 7) is 3.79. The number of benzene rings is 1. The van der Waals surface area contributed by atoms with E-state index < -0.39 is 0 Å². The number of hydrogen-bond donors (Lipinski definition) is 1. The first-order chi connectivity index (χ1) is 10.5. The molecular formula is C17H21NO4. The lowest BCUT2D eigenvalue weighted by molar-refractivity contribution is -0.117. The highest BCUT2D eigenvalue weighted by molar-refractivity contribution is 6.00. The van der Waals surface area contributed by atoms with Gasteiger partial charge in [-0.15, -0.1) is 6.42 Å². The van der Waals surface area contributed by atoms with E-state index in [9.17, 15) is 4.79 Å². The first-order valence-electron chi connectivity index (χ1n) is 6.69. The van der Waals surface area contributed by atoms with Crippen molar-refractivity contribution in [2.24, 2.45) is 0 Å². The quantitative estimate of drug-likeness (QED) is 0.647. The molecule has 22 heavy (non-hydrogen) atoms. The molecule has 0 unspecified atom stereocenters. The smallest absolute Gasteiger partial charge is 0.247 e. The van der Waals surface area contributed by atoms with Gasteiger partial charge in [0.15, 0.2) is 11.5 Å². The second-order valence-corrected chi connectivity index (χ2v) is 4.55. The van der Waals surface area contributed by atoms with Crippen LogP contribution in [0.1, 0.15) is 19.4 Å². The second kappa shape index (κ2) is 7.99. The van der Waals surface area contributed by atoms with Crippen LogP contribution in [0.4, 0.5) is 0 Å². The minimum Gasteiger partial charge on any atom is -0.493 e. The Bertz CT molecular complexity index is 601. The van der Waals surface area contributed by atoms with Crippen molar-refractivity contribution in [2.45, 2.75) is 13.8 Å². The molecule has 0 bridgehead atoms. The van der Waals surface area contributed by atoms with Crippen molar-refractivity contribution in [2.75, 3.05) is 27.9 Å². The summed E-state index contributed by atoms with van der Waals surface area (Å²) < 4.78 is 15.9. The van der Waals surface area contributed by atoms with Crippen molar-refractivity contribution in [1.29, 1.82) is 0 Å². The Morgan fingerprint density at radius 3 is 2.09 bits per heavy atom. The lowest BCUT2D eigenvalue weighted by Gasteiger charge is -2.15. The summed E-state index contributed by atoms with van der Waals surface area (Å²) in [6.07, 6.45) is 5.14. The Hall–Kier alpha value is -2.61. The average molecular weight is 303 g/mol. The van der Waals surface area contributed by atoms with Crippen LogP contribution in [0.2, 0.25) is 0 Å². The van der Waals surface area contributed by atoms with Crippen molar-refractivity contribution < 1.29 is 19.0 Å². The van der Waals surface area contributed by atoms with E-state index in [4.69, 9.17) is 20.6 Å². The van der Waals surface area contributed by atoms with Gasteiger partial charge in [-0.05, 0) is 37.1 Å². The number of rotatable bonds is 6. The first kappa shape index (κ1) is 17.4. The molecule has 0 fully saturated rings. The number of carbonyl (C=O) groups excluding carboxylic acids is 1. The molecule has 0 aliphatic heterocycles. The number of ether oxygens (including phenoxy) is 3. The second-order valence-electron chi connectivity index (χ2n) is 4.55.